The standard InChI is InChI=1S/C13H24N2O4/c1-10(16)8-15(2)12(19)14-9-13(11(17)18)6-4-3-5-7-13/h10,16H,3-9H2,1-2H3,(H,14,19)(H,17,18). The number of nitrogens with zero attached hydrogens (tertiary/aromatic N) is 1. The number of carbonyl (C=O) groups excluding carboxylic acids is 1. The third kappa shape index (κ3) is 4.38. The van der Waals surface area contributed by atoms with Gasteiger partial charge in [-0.2, -0.15) is 0 Å². The lowest BCUT2D eigenvalue weighted by Gasteiger charge is -2.33. The smallest absolute Gasteiger partial charge is 0.317 e. The first-order chi connectivity index (χ1) is 8.87. The van der Waals surface area contributed by atoms with Crippen LogP contribution < -0.4 is 5.32 Å². The molecule has 1 saturated carbocycles. The maximum absolute atomic E-state index is 11.8. The number of urea groups is 1. The van der Waals surface area contributed by atoms with E-state index in [2.05, 4.69) is 5.32 Å². The summed E-state index contributed by atoms with van der Waals surface area (Å²) in [5, 5.41) is 21.3. The molecule has 0 spiro atoms. The van der Waals surface area contributed by atoms with Crippen LogP contribution in [0.25, 0.3) is 0 Å². The van der Waals surface area contributed by atoms with Crippen molar-refractivity contribution >= 4 is 12.0 Å². The molecule has 0 saturated heterocycles. The van der Waals surface area contributed by atoms with Crippen molar-refractivity contribution in [1.29, 1.82) is 0 Å². The molecule has 1 aliphatic rings. The first kappa shape index (κ1) is 15.8. The fourth-order valence-electron chi connectivity index (χ4n) is 2.55. The minimum atomic E-state index is -0.828. The molecule has 0 aromatic rings. The number of likely N-dealkylation sites (N-methyl/N-ethyl adjacent to an activating group) is 1. The van der Waals surface area contributed by atoms with Crippen LogP contribution in [0.1, 0.15) is 39.0 Å². The molecule has 1 rings (SSSR count). The molecule has 0 radical (unpaired) electrons. The summed E-state index contributed by atoms with van der Waals surface area (Å²) in [6.45, 7) is 1.99. The molecular formula is C13H24N2O4. The lowest BCUT2D eigenvalue weighted by molar-refractivity contribution is -0.150. The van der Waals surface area contributed by atoms with Crippen molar-refractivity contribution in [3.05, 3.63) is 0 Å². The number of rotatable bonds is 5. The Hall–Kier alpha value is -1.30. The Morgan fingerprint density at radius 3 is 2.37 bits per heavy atom. The molecule has 6 heteroatoms. The van der Waals surface area contributed by atoms with Gasteiger partial charge in [-0.15, -0.1) is 0 Å². The van der Waals surface area contributed by atoms with Gasteiger partial charge in [0.2, 0.25) is 0 Å². The van der Waals surface area contributed by atoms with Gasteiger partial charge in [-0.3, -0.25) is 4.79 Å². The van der Waals surface area contributed by atoms with E-state index in [4.69, 9.17) is 0 Å². The predicted molar refractivity (Wildman–Crippen MR) is 70.9 cm³/mol. The number of amides is 2. The Morgan fingerprint density at radius 2 is 1.89 bits per heavy atom. The highest BCUT2D eigenvalue weighted by Crippen LogP contribution is 2.35. The summed E-state index contributed by atoms with van der Waals surface area (Å²) < 4.78 is 0. The maximum atomic E-state index is 11.8. The number of aliphatic hydroxyl groups excluding tert-OH is 1. The van der Waals surface area contributed by atoms with Crippen molar-refractivity contribution in [3.8, 4) is 0 Å². The third-order valence-corrected chi connectivity index (χ3v) is 3.73. The van der Waals surface area contributed by atoms with Crippen molar-refractivity contribution in [2.45, 2.75) is 45.1 Å². The van der Waals surface area contributed by atoms with E-state index in [0.717, 1.165) is 19.3 Å². The van der Waals surface area contributed by atoms with Gasteiger partial charge in [-0.25, -0.2) is 4.79 Å². The summed E-state index contributed by atoms with van der Waals surface area (Å²) in [6, 6.07) is -0.341. The van der Waals surface area contributed by atoms with Crippen LogP contribution in [0.4, 0.5) is 4.79 Å². The topological polar surface area (TPSA) is 89.9 Å². The lowest BCUT2D eigenvalue weighted by atomic mass is 9.74. The minimum absolute atomic E-state index is 0.158. The fraction of sp³-hybridized carbons (Fsp3) is 0.846. The highest BCUT2D eigenvalue weighted by molar-refractivity contribution is 5.78. The predicted octanol–water partition coefficient (Wildman–Crippen LogP) is 1.04. The van der Waals surface area contributed by atoms with Crippen molar-refractivity contribution in [3.63, 3.8) is 0 Å². The average molecular weight is 272 g/mol. The molecule has 19 heavy (non-hydrogen) atoms. The summed E-state index contributed by atoms with van der Waals surface area (Å²) in [4.78, 5) is 24.6. The molecule has 3 N–H and O–H groups in total. The summed E-state index contributed by atoms with van der Waals surface area (Å²) in [5.41, 5.74) is -0.820. The van der Waals surface area contributed by atoms with Crippen LogP contribution in [0.3, 0.4) is 0 Å². The molecule has 1 aliphatic carbocycles. The van der Waals surface area contributed by atoms with Gasteiger partial charge in [0, 0.05) is 20.1 Å². The summed E-state index contributed by atoms with van der Waals surface area (Å²) in [7, 11) is 1.58. The molecule has 0 aromatic carbocycles. The van der Waals surface area contributed by atoms with E-state index >= 15 is 0 Å². The van der Waals surface area contributed by atoms with E-state index in [0.29, 0.717) is 12.8 Å². The van der Waals surface area contributed by atoms with Gasteiger partial charge in [-0.1, -0.05) is 19.3 Å². The number of hydrogen-bond donors (Lipinski definition) is 3. The highest BCUT2D eigenvalue weighted by Gasteiger charge is 2.39. The largest absolute Gasteiger partial charge is 0.481 e. The molecule has 0 aromatic heterocycles. The number of carbonyl (C=O) groups is 2. The molecule has 0 aliphatic heterocycles. The minimum Gasteiger partial charge on any atom is -0.481 e. The first-order valence-corrected chi connectivity index (χ1v) is 6.78. The zero-order valence-electron chi connectivity index (χ0n) is 11.7. The van der Waals surface area contributed by atoms with Crippen LogP contribution in [0.15, 0.2) is 0 Å². The van der Waals surface area contributed by atoms with Crippen molar-refractivity contribution in [2.75, 3.05) is 20.1 Å². The van der Waals surface area contributed by atoms with Crippen LogP contribution in [-0.4, -0.2) is 53.4 Å². The molecule has 1 fully saturated rings. The van der Waals surface area contributed by atoms with Crippen LogP contribution in [0, 0.1) is 5.41 Å². The number of carboxylic acids is 1. The van der Waals surface area contributed by atoms with Crippen LogP contribution in [-0.2, 0) is 4.79 Å². The van der Waals surface area contributed by atoms with Crippen LogP contribution in [0.2, 0.25) is 0 Å². The Kier molecular flexibility index (Phi) is 5.60. The van der Waals surface area contributed by atoms with Crippen molar-refractivity contribution in [2.24, 2.45) is 5.41 Å². The Morgan fingerprint density at radius 1 is 1.32 bits per heavy atom. The van der Waals surface area contributed by atoms with E-state index in [-0.39, 0.29) is 19.1 Å². The van der Waals surface area contributed by atoms with Crippen molar-refractivity contribution < 1.29 is 19.8 Å². The Labute approximate surface area is 113 Å². The van der Waals surface area contributed by atoms with E-state index in [9.17, 15) is 19.8 Å². The summed E-state index contributed by atoms with van der Waals surface area (Å²) in [5.74, 6) is -0.828. The first-order valence-electron chi connectivity index (χ1n) is 6.78. The molecular weight excluding hydrogens is 248 g/mol. The van der Waals surface area contributed by atoms with Crippen LogP contribution >= 0.6 is 0 Å². The zero-order valence-corrected chi connectivity index (χ0v) is 11.7. The van der Waals surface area contributed by atoms with Gasteiger partial charge >= 0.3 is 12.0 Å². The van der Waals surface area contributed by atoms with Crippen LogP contribution in [0.5, 0.6) is 0 Å². The molecule has 1 unspecified atom stereocenters. The fourth-order valence-corrected chi connectivity index (χ4v) is 2.55. The molecule has 6 nitrogen and oxygen atoms in total. The normalized spacial score (nSPS) is 19.5. The maximum Gasteiger partial charge on any atom is 0.317 e. The zero-order chi connectivity index (χ0) is 14.5. The average Bonchev–Trinajstić information content (AvgIpc) is 2.36. The second-order valence-corrected chi connectivity index (χ2v) is 5.53. The Balaban J connectivity index is 2.52. The van der Waals surface area contributed by atoms with Gasteiger partial charge in [0.05, 0.1) is 11.5 Å². The number of aliphatic carboxylic acids is 1. The number of carboxylic acid groups (broad SMARTS) is 1. The molecule has 110 valence electrons. The number of nitrogens with one attached hydrogen (secondary N) is 1. The molecule has 1 atom stereocenters. The van der Waals surface area contributed by atoms with E-state index in [1.165, 1.54) is 4.90 Å². The second-order valence-electron chi connectivity index (χ2n) is 5.53. The quantitative estimate of drug-likeness (QED) is 0.697. The van der Waals surface area contributed by atoms with Gasteiger partial charge in [0.1, 0.15) is 0 Å². The summed E-state index contributed by atoms with van der Waals surface area (Å²) in [6.07, 6.45) is 3.48. The Bertz CT molecular complexity index is 325. The third-order valence-electron chi connectivity index (χ3n) is 3.73. The highest BCUT2D eigenvalue weighted by atomic mass is 16.4. The van der Waals surface area contributed by atoms with Gasteiger partial charge in [0.25, 0.3) is 0 Å². The number of hydrogen-bond acceptors (Lipinski definition) is 3. The molecule has 0 heterocycles. The number of aliphatic hydroxyl groups is 1. The van der Waals surface area contributed by atoms with Gasteiger partial charge in [-0.05, 0) is 19.8 Å². The lowest BCUT2D eigenvalue weighted by Crippen LogP contribution is -2.48. The molecule has 0 bridgehead atoms. The van der Waals surface area contributed by atoms with E-state index < -0.39 is 17.5 Å². The monoisotopic (exact) mass is 272 g/mol. The van der Waals surface area contributed by atoms with Crippen molar-refractivity contribution in [1.82, 2.24) is 10.2 Å². The van der Waals surface area contributed by atoms with Gasteiger partial charge in [0.15, 0.2) is 0 Å². The van der Waals surface area contributed by atoms with Gasteiger partial charge < -0.3 is 20.4 Å². The van der Waals surface area contributed by atoms with E-state index in [1.807, 2.05) is 0 Å². The summed E-state index contributed by atoms with van der Waals surface area (Å²) >= 11 is 0. The van der Waals surface area contributed by atoms with E-state index in [1.54, 1.807) is 14.0 Å². The molecule has 2 amide bonds. The second kappa shape index (κ2) is 6.75. The SMILES string of the molecule is CC(O)CN(C)C(=O)NCC1(C(=O)O)CCCCC1.